The Labute approximate surface area is 371 Å². The minimum atomic E-state index is -0.149. The number of carbonyl (C=O) groups is 1. The van der Waals surface area contributed by atoms with Crippen LogP contribution in [0.1, 0.15) is 238 Å². The maximum atomic E-state index is 12.7. The highest BCUT2D eigenvalue weighted by Crippen LogP contribution is 2.25. The molecule has 0 spiro atoms. The normalized spacial score (nSPS) is 13.6. The molecule has 0 amide bonds. The largest absolute Gasteiger partial charge is 0.493 e. The van der Waals surface area contributed by atoms with Crippen LogP contribution in [0, 0.1) is 0 Å². The molecule has 1 aromatic rings. The van der Waals surface area contributed by atoms with Gasteiger partial charge in [0.25, 0.3) is 0 Å². The monoisotopic (exact) mass is 843 g/mol. The van der Waals surface area contributed by atoms with Crippen molar-refractivity contribution in [3.05, 3.63) is 23.8 Å². The zero-order valence-corrected chi connectivity index (χ0v) is 39.8. The molecule has 1 N–H and O–H groups in total. The first kappa shape index (κ1) is 54.3. The van der Waals surface area contributed by atoms with E-state index in [-0.39, 0.29) is 19.2 Å². The van der Waals surface area contributed by atoms with Crippen molar-refractivity contribution in [3.8, 4) is 11.5 Å². The van der Waals surface area contributed by atoms with E-state index < -0.39 is 0 Å². The Bertz CT molecular complexity index is 1020. The van der Waals surface area contributed by atoms with Gasteiger partial charge in [-0.1, -0.05) is 206 Å². The van der Waals surface area contributed by atoms with Gasteiger partial charge in [0.05, 0.1) is 19.8 Å². The van der Waals surface area contributed by atoms with E-state index in [1.165, 1.54) is 193 Å². The number of hydrogen-bond donors (Lipinski definition) is 1. The maximum absolute atomic E-state index is 12.7. The van der Waals surface area contributed by atoms with Crippen LogP contribution >= 0.6 is 0 Å². The summed E-state index contributed by atoms with van der Waals surface area (Å²) in [6.45, 7) is 12.0. The molecule has 60 heavy (non-hydrogen) atoms. The standard InChI is InChI=1S/C53H98N2O5/c1-3-5-7-9-11-13-15-17-19-21-23-25-27-29-31-33-44-58-51-46-50(49-60-53(57)36-35-37-54-38-40-55(41-39-54)42-43-56)47-52(48-51)59-45-34-32-30-28-26-24-22-20-18-16-14-12-10-8-6-4-2/h46-48,56H,3-45,49H2,1-2H3. The molecule has 2 rings (SSSR count). The lowest BCUT2D eigenvalue weighted by Gasteiger charge is -2.34. The number of unbranched alkanes of at least 4 members (excludes halogenated alkanes) is 30. The molecule has 0 unspecified atom stereocenters. The molecule has 1 heterocycles. The molecular formula is C53H98N2O5. The van der Waals surface area contributed by atoms with Gasteiger partial charge in [-0.25, -0.2) is 0 Å². The van der Waals surface area contributed by atoms with E-state index in [0.717, 1.165) is 75.6 Å². The fourth-order valence-corrected chi connectivity index (χ4v) is 8.62. The second-order valence-electron chi connectivity index (χ2n) is 18.3. The van der Waals surface area contributed by atoms with Crippen molar-refractivity contribution in [2.45, 2.75) is 239 Å². The van der Waals surface area contributed by atoms with Gasteiger partial charge >= 0.3 is 5.97 Å². The number of benzene rings is 1. The Kier molecular flexibility index (Phi) is 37.3. The summed E-state index contributed by atoms with van der Waals surface area (Å²) < 4.78 is 18.3. The van der Waals surface area contributed by atoms with Crippen molar-refractivity contribution in [1.29, 1.82) is 0 Å². The molecule has 7 nitrogen and oxygen atoms in total. The van der Waals surface area contributed by atoms with E-state index in [0.29, 0.717) is 19.6 Å². The fraction of sp³-hybridized carbons (Fsp3) is 0.868. The molecule has 0 aromatic heterocycles. The van der Waals surface area contributed by atoms with Gasteiger partial charge in [0, 0.05) is 45.2 Å². The lowest BCUT2D eigenvalue weighted by Crippen LogP contribution is -2.47. The second kappa shape index (κ2) is 41.2. The minimum Gasteiger partial charge on any atom is -0.493 e. The number of piperazine rings is 1. The van der Waals surface area contributed by atoms with Crippen molar-refractivity contribution in [2.24, 2.45) is 0 Å². The third kappa shape index (κ3) is 32.8. The van der Waals surface area contributed by atoms with Crippen molar-refractivity contribution >= 4 is 5.97 Å². The lowest BCUT2D eigenvalue weighted by molar-refractivity contribution is -0.145. The number of hydrogen-bond acceptors (Lipinski definition) is 7. The van der Waals surface area contributed by atoms with Crippen LogP contribution in [-0.4, -0.2) is 80.0 Å². The molecule has 1 aromatic carbocycles. The number of aliphatic hydroxyl groups is 1. The number of β-amino-alcohol motifs (C(OH)–C–C–N with tert-alkyl or cyclic N) is 1. The molecular weight excluding hydrogens is 745 g/mol. The van der Waals surface area contributed by atoms with E-state index in [1.807, 2.05) is 18.2 Å². The van der Waals surface area contributed by atoms with Gasteiger partial charge < -0.3 is 24.2 Å². The van der Waals surface area contributed by atoms with Crippen molar-refractivity contribution < 1.29 is 24.1 Å². The van der Waals surface area contributed by atoms with Crippen LogP contribution in [0.3, 0.4) is 0 Å². The van der Waals surface area contributed by atoms with E-state index in [9.17, 15) is 9.90 Å². The highest BCUT2D eigenvalue weighted by Gasteiger charge is 2.16. The van der Waals surface area contributed by atoms with Gasteiger partial charge in [-0.15, -0.1) is 0 Å². The second-order valence-corrected chi connectivity index (χ2v) is 18.3. The molecule has 0 saturated carbocycles. The first-order valence-corrected chi connectivity index (χ1v) is 26.2. The Hall–Kier alpha value is -1.83. The van der Waals surface area contributed by atoms with Crippen molar-refractivity contribution in [3.63, 3.8) is 0 Å². The fourth-order valence-electron chi connectivity index (χ4n) is 8.62. The van der Waals surface area contributed by atoms with Crippen LogP contribution < -0.4 is 9.47 Å². The van der Waals surface area contributed by atoms with E-state index in [4.69, 9.17) is 14.2 Å². The maximum Gasteiger partial charge on any atom is 0.306 e. The van der Waals surface area contributed by atoms with Gasteiger partial charge in [0.2, 0.25) is 0 Å². The molecule has 0 aliphatic carbocycles. The molecule has 7 heteroatoms. The summed E-state index contributed by atoms with van der Waals surface area (Å²) in [4.78, 5) is 17.4. The summed E-state index contributed by atoms with van der Waals surface area (Å²) >= 11 is 0. The first-order chi connectivity index (χ1) is 29.6. The zero-order chi connectivity index (χ0) is 42.8. The quantitative estimate of drug-likeness (QED) is 0.0518. The minimum absolute atomic E-state index is 0.149. The van der Waals surface area contributed by atoms with E-state index in [2.05, 4.69) is 23.6 Å². The summed E-state index contributed by atoms with van der Waals surface area (Å²) in [7, 11) is 0. The first-order valence-electron chi connectivity index (χ1n) is 26.2. The number of esters is 1. The summed E-state index contributed by atoms with van der Waals surface area (Å²) in [6.07, 6.45) is 44.8. The number of nitrogens with zero attached hydrogens (tertiary/aromatic N) is 2. The Morgan fingerprint density at radius 1 is 0.467 bits per heavy atom. The van der Waals surface area contributed by atoms with Crippen LogP contribution in [-0.2, 0) is 16.1 Å². The SMILES string of the molecule is CCCCCCCCCCCCCCCCCCOc1cc(COC(=O)CCCN2CCN(CCO)CC2)cc(OCCCCCCCCCCCCCCCCCC)c1. The summed E-state index contributed by atoms with van der Waals surface area (Å²) in [5, 5.41) is 9.19. The summed E-state index contributed by atoms with van der Waals surface area (Å²) in [5.41, 5.74) is 0.926. The molecule has 1 aliphatic rings. The van der Waals surface area contributed by atoms with Crippen LogP contribution in [0.5, 0.6) is 11.5 Å². The van der Waals surface area contributed by atoms with Gasteiger partial charge in [0.15, 0.2) is 0 Å². The van der Waals surface area contributed by atoms with Crippen LogP contribution in [0.15, 0.2) is 18.2 Å². The average Bonchev–Trinajstić information content (AvgIpc) is 3.26. The highest BCUT2D eigenvalue weighted by molar-refractivity contribution is 5.69. The third-order valence-electron chi connectivity index (χ3n) is 12.6. The van der Waals surface area contributed by atoms with Crippen molar-refractivity contribution in [2.75, 3.05) is 59.1 Å². The molecule has 1 aliphatic heterocycles. The smallest absolute Gasteiger partial charge is 0.306 e. The van der Waals surface area contributed by atoms with Crippen LogP contribution in [0.25, 0.3) is 0 Å². The highest BCUT2D eigenvalue weighted by atomic mass is 16.5. The number of ether oxygens (including phenoxy) is 3. The average molecular weight is 843 g/mol. The topological polar surface area (TPSA) is 71.5 Å². The molecule has 350 valence electrons. The Balaban J connectivity index is 1.63. The van der Waals surface area contributed by atoms with Gasteiger partial charge in [-0.3, -0.25) is 9.69 Å². The predicted molar refractivity (Wildman–Crippen MR) is 256 cm³/mol. The Morgan fingerprint density at radius 3 is 1.15 bits per heavy atom. The van der Waals surface area contributed by atoms with E-state index in [1.54, 1.807) is 0 Å². The van der Waals surface area contributed by atoms with Crippen molar-refractivity contribution in [1.82, 2.24) is 9.80 Å². The van der Waals surface area contributed by atoms with Crippen LogP contribution in [0.2, 0.25) is 0 Å². The number of rotatable bonds is 44. The number of carbonyl (C=O) groups excluding carboxylic acids is 1. The summed E-state index contributed by atoms with van der Waals surface area (Å²) in [6, 6.07) is 6.06. The summed E-state index contributed by atoms with van der Waals surface area (Å²) in [5.74, 6) is 1.47. The molecule has 0 radical (unpaired) electrons. The Morgan fingerprint density at radius 2 is 0.800 bits per heavy atom. The van der Waals surface area contributed by atoms with Gasteiger partial charge in [0.1, 0.15) is 18.1 Å². The predicted octanol–water partition coefficient (Wildman–Crippen LogP) is 14.4. The third-order valence-corrected chi connectivity index (χ3v) is 12.6. The molecule has 1 fully saturated rings. The molecule has 0 atom stereocenters. The zero-order valence-electron chi connectivity index (χ0n) is 39.8. The molecule has 0 bridgehead atoms. The van der Waals surface area contributed by atoms with Gasteiger partial charge in [-0.05, 0) is 43.5 Å². The number of aliphatic hydroxyl groups excluding tert-OH is 1. The van der Waals surface area contributed by atoms with E-state index >= 15 is 0 Å². The van der Waals surface area contributed by atoms with Gasteiger partial charge in [-0.2, -0.15) is 0 Å². The molecule has 1 saturated heterocycles. The lowest BCUT2D eigenvalue weighted by atomic mass is 10.0. The van der Waals surface area contributed by atoms with Crippen LogP contribution in [0.4, 0.5) is 0 Å².